The molecule has 12 heteroatoms. The fourth-order valence-corrected chi connectivity index (χ4v) is 4.32. The summed E-state index contributed by atoms with van der Waals surface area (Å²) in [4.78, 5) is 17.2. The van der Waals surface area contributed by atoms with Crippen LogP contribution in [0.2, 0.25) is 0 Å². The summed E-state index contributed by atoms with van der Waals surface area (Å²) < 4.78 is 85.2. The van der Waals surface area contributed by atoms with Crippen LogP contribution in [-0.4, -0.2) is 48.5 Å². The van der Waals surface area contributed by atoms with E-state index in [1.54, 1.807) is 6.07 Å². The Morgan fingerprint density at radius 1 is 1.10 bits per heavy atom. The van der Waals surface area contributed by atoms with Crippen molar-refractivity contribution in [1.82, 2.24) is 10.3 Å². The van der Waals surface area contributed by atoms with Crippen LogP contribution in [0.1, 0.15) is 47.3 Å². The van der Waals surface area contributed by atoms with Crippen molar-refractivity contribution in [3.05, 3.63) is 70.9 Å². The quantitative estimate of drug-likeness (QED) is 0.364. The van der Waals surface area contributed by atoms with Crippen molar-refractivity contribution in [3.8, 4) is 28.5 Å². The topological polar surface area (TPSA) is 89.9 Å². The first-order valence-corrected chi connectivity index (χ1v) is 12.4. The van der Waals surface area contributed by atoms with Crippen molar-refractivity contribution < 1.29 is 46.1 Å². The van der Waals surface area contributed by atoms with E-state index >= 15 is 0 Å². The minimum Gasteiger partial charge on any atom is -0.493 e. The van der Waals surface area contributed by atoms with E-state index in [2.05, 4.69) is 10.3 Å². The van der Waals surface area contributed by atoms with Crippen LogP contribution in [-0.2, 0) is 5.60 Å². The third-order valence-corrected chi connectivity index (χ3v) is 6.75. The van der Waals surface area contributed by atoms with Crippen LogP contribution >= 0.6 is 0 Å². The van der Waals surface area contributed by atoms with Gasteiger partial charge in [0, 0.05) is 16.7 Å². The Morgan fingerprint density at radius 2 is 1.85 bits per heavy atom. The number of benzene rings is 2. The van der Waals surface area contributed by atoms with Gasteiger partial charge in [0.25, 0.3) is 5.91 Å². The third-order valence-electron chi connectivity index (χ3n) is 6.75. The number of nitrogens with zero attached hydrogens (tertiary/aromatic N) is 1. The zero-order valence-corrected chi connectivity index (χ0v) is 21.4. The van der Waals surface area contributed by atoms with Gasteiger partial charge in [0.2, 0.25) is 0 Å². The standard InChI is InChI=1S/C28H25F5N2O5/c1-27(37,13-34-26(36)15-4-8-21(22(10-15)38-2)40-16-5-6-16)23-11-17-18(28(31,32)33)12-39-25(17)24(35-23)14-3-7-19(29)20(30)9-14/h3-4,7-11,16,18,37H,5-6,12-13H2,1-2H3,(H,34,36)/t18-,27?/m1/s1. The van der Waals surface area contributed by atoms with E-state index < -0.39 is 48.4 Å². The van der Waals surface area contributed by atoms with Gasteiger partial charge >= 0.3 is 6.18 Å². The summed E-state index contributed by atoms with van der Waals surface area (Å²) in [7, 11) is 1.43. The van der Waals surface area contributed by atoms with Gasteiger partial charge in [-0.25, -0.2) is 13.8 Å². The number of methoxy groups -OCH3 is 1. The fraction of sp³-hybridized carbons (Fsp3) is 0.357. The number of carbonyl (C=O) groups is 1. The third kappa shape index (κ3) is 5.53. The van der Waals surface area contributed by atoms with Crippen LogP contribution in [0.3, 0.4) is 0 Å². The maximum atomic E-state index is 14.0. The first-order chi connectivity index (χ1) is 18.9. The van der Waals surface area contributed by atoms with Gasteiger partial charge in [-0.1, -0.05) is 0 Å². The van der Waals surface area contributed by atoms with Crippen LogP contribution in [0.15, 0.2) is 42.5 Å². The van der Waals surface area contributed by atoms with Gasteiger partial charge in [-0.3, -0.25) is 4.79 Å². The summed E-state index contributed by atoms with van der Waals surface area (Å²) in [5.74, 6) is -4.39. The molecule has 7 nitrogen and oxygen atoms in total. The summed E-state index contributed by atoms with van der Waals surface area (Å²) in [6, 6.07) is 8.39. The maximum Gasteiger partial charge on any atom is 0.399 e. The van der Waals surface area contributed by atoms with E-state index in [0.717, 1.165) is 37.1 Å². The van der Waals surface area contributed by atoms with Gasteiger partial charge in [0.1, 0.15) is 29.6 Å². The molecule has 1 aromatic heterocycles. The number of hydrogen-bond acceptors (Lipinski definition) is 6. The first-order valence-electron chi connectivity index (χ1n) is 12.4. The van der Waals surface area contributed by atoms with Crippen molar-refractivity contribution in [2.75, 3.05) is 20.3 Å². The predicted octanol–water partition coefficient (Wildman–Crippen LogP) is 5.25. The highest BCUT2D eigenvalue weighted by atomic mass is 19.4. The number of alkyl halides is 3. The molecule has 0 saturated heterocycles. The number of hydrogen-bond donors (Lipinski definition) is 2. The second kappa shape index (κ2) is 10.2. The normalized spacial score (nSPS) is 17.9. The molecule has 1 aliphatic heterocycles. The van der Waals surface area contributed by atoms with Crippen LogP contribution in [0, 0.1) is 11.6 Å². The molecule has 40 heavy (non-hydrogen) atoms. The molecular weight excluding hydrogens is 539 g/mol. The molecule has 1 amide bonds. The van der Waals surface area contributed by atoms with Crippen molar-refractivity contribution in [2.24, 2.45) is 0 Å². The predicted molar refractivity (Wildman–Crippen MR) is 132 cm³/mol. The second-order valence-electron chi connectivity index (χ2n) is 9.95. The minimum absolute atomic E-state index is 0.0414. The fourth-order valence-electron chi connectivity index (χ4n) is 4.32. The van der Waals surface area contributed by atoms with Gasteiger partial charge in [-0.05, 0) is 62.2 Å². The van der Waals surface area contributed by atoms with Crippen LogP contribution in [0.5, 0.6) is 17.2 Å². The number of fused-ring (bicyclic) bond motifs is 1. The number of amides is 1. The number of aromatic nitrogens is 1. The number of halogens is 5. The molecule has 1 unspecified atom stereocenters. The molecule has 2 heterocycles. The summed E-state index contributed by atoms with van der Waals surface area (Å²) in [6.45, 7) is 0.0967. The van der Waals surface area contributed by atoms with E-state index in [1.165, 1.54) is 26.2 Å². The van der Waals surface area contributed by atoms with E-state index in [9.17, 15) is 31.9 Å². The van der Waals surface area contributed by atoms with Gasteiger partial charge < -0.3 is 24.6 Å². The van der Waals surface area contributed by atoms with Gasteiger partial charge in [-0.2, -0.15) is 13.2 Å². The van der Waals surface area contributed by atoms with Crippen molar-refractivity contribution in [1.29, 1.82) is 0 Å². The number of aliphatic hydroxyl groups is 1. The molecule has 0 spiro atoms. The first kappa shape index (κ1) is 27.6. The second-order valence-corrected chi connectivity index (χ2v) is 9.95. The Bertz CT molecular complexity index is 1460. The lowest BCUT2D eigenvalue weighted by Crippen LogP contribution is -2.39. The minimum atomic E-state index is -4.68. The smallest absolute Gasteiger partial charge is 0.399 e. The lowest BCUT2D eigenvalue weighted by molar-refractivity contribution is -0.151. The molecule has 5 rings (SSSR count). The van der Waals surface area contributed by atoms with Crippen LogP contribution in [0.4, 0.5) is 22.0 Å². The number of ether oxygens (including phenoxy) is 3. The molecule has 1 saturated carbocycles. The SMILES string of the molecule is COc1cc(C(=O)NCC(C)(O)c2cc3c(c(-c4ccc(F)c(F)c4)n2)OC[C@H]3C(F)(F)F)ccc1OC1CC1. The Balaban J connectivity index is 1.44. The highest BCUT2D eigenvalue weighted by molar-refractivity contribution is 5.95. The number of nitrogens with one attached hydrogen (secondary N) is 1. The molecule has 2 aromatic carbocycles. The molecule has 1 fully saturated rings. The van der Waals surface area contributed by atoms with E-state index in [-0.39, 0.29) is 39.9 Å². The molecule has 2 aliphatic rings. The number of carbonyl (C=O) groups excluding carboxylic acids is 1. The van der Waals surface area contributed by atoms with E-state index in [1.807, 2.05) is 0 Å². The Morgan fingerprint density at radius 3 is 2.50 bits per heavy atom. The molecule has 0 radical (unpaired) electrons. The summed E-state index contributed by atoms with van der Waals surface area (Å²) in [5, 5.41) is 13.8. The summed E-state index contributed by atoms with van der Waals surface area (Å²) in [6.07, 6.45) is -2.69. The molecular formula is C28H25F5N2O5. The molecule has 2 N–H and O–H groups in total. The van der Waals surface area contributed by atoms with Gasteiger partial charge in [0.05, 0.1) is 25.5 Å². The molecule has 3 aromatic rings. The number of pyridine rings is 1. The Kier molecular flexibility index (Phi) is 7.07. The highest BCUT2D eigenvalue weighted by Crippen LogP contribution is 2.48. The molecule has 0 bridgehead atoms. The lowest BCUT2D eigenvalue weighted by Gasteiger charge is -2.25. The van der Waals surface area contributed by atoms with E-state index in [4.69, 9.17) is 14.2 Å². The molecule has 2 atom stereocenters. The average Bonchev–Trinajstić information content (AvgIpc) is 3.61. The highest BCUT2D eigenvalue weighted by Gasteiger charge is 2.47. The zero-order valence-electron chi connectivity index (χ0n) is 21.4. The van der Waals surface area contributed by atoms with Crippen molar-refractivity contribution in [3.63, 3.8) is 0 Å². The van der Waals surface area contributed by atoms with Crippen LogP contribution in [0.25, 0.3) is 11.3 Å². The Hall–Kier alpha value is -3.93. The van der Waals surface area contributed by atoms with Crippen molar-refractivity contribution in [2.45, 2.75) is 43.6 Å². The zero-order chi connectivity index (χ0) is 28.8. The van der Waals surface area contributed by atoms with Crippen LogP contribution < -0.4 is 19.5 Å². The summed E-state index contributed by atoms with van der Waals surface area (Å²) >= 11 is 0. The summed E-state index contributed by atoms with van der Waals surface area (Å²) in [5.41, 5.74) is -2.53. The number of rotatable bonds is 8. The van der Waals surface area contributed by atoms with E-state index in [0.29, 0.717) is 11.5 Å². The monoisotopic (exact) mass is 564 g/mol. The lowest BCUT2D eigenvalue weighted by atomic mass is 9.93. The van der Waals surface area contributed by atoms with Gasteiger partial charge in [-0.15, -0.1) is 0 Å². The largest absolute Gasteiger partial charge is 0.493 e. The van der Waals surface area contributed by atoms with Gasteiger partial charge in [0.15, 0.2) is 23.1 Å². The average molecular weight is 565 g/mol. The molecule has 212 valence electrons. The van der Waals surface area contributed by atoms with Crippen molar-refractivity contribution >= 4 is 5.91 Å². The Labute approximate surface area is 225 Å². The molecule has 1 aliphatic carbocycles. The maximum absolute atomic E-state index is 14.0.